The maximum atomic E-state index is 12.1. The molecule has 0 bridgehead atoms. The minimum atomic E-state index is -0.0899. The molecule has 0 aliphatic rings. The molecule has 0 saturated carbocycles. The van der Waals surface area contributed by atoms with Gasteiger partial charge >= 0.3 is 0 Å². The van der Waals surface area contributed by atoms with Crippen molar-refractivity contribution in [1.82, 2.24) is 9.38 Å². The summed E-state index contributed by atoms with van der Waals surface area (Å²) >= 11 is 0. The van der Waals surface area contributed by atoms with Crippen LogP contribution >= 0.6 is 0 Å². The van der Waals surface area contributed by atoms with Crippen molar-refractivity contribution >= 4 is 5.65 Å². The SMILES string of the molecule is Cc1ccc(OCc2cc(=O)n3cccc(C)c3n2)c(C)c1. The average molecular weight is 294 g/mol. The van der Waals surface area contributed by atoms with Crippen LogP contribution in [0.15, 0.2) is 47.4 Å². The molecule has 0 aliphatic heterocycles. The third-order valence-corrected chi connectivity index (χ3v) is 3.65. The first-order valence-electron chi connectivity index (χ1n) is 7.22. The zero-order chi connectivity index (χ0) is 15.7. The Labute approximate surface area is 129 Å². The molecule has 0 fully saturated rings. The smallest absolute Gasteiger partial charge is 0.258 e. The lowest BCUT2D eigenvalue weighted by molar-refractivity contribution is 0.299. The molecule has 0 atom stereocenters. The number of aromatic nitrogens is 2. The van der Waals surface area contributed by atoms with E-state index in [-0.39, 0.29) is 12.2 Å². The molecule has 2 heterocycles. The molecule has 0 saturated heterocycles. The van der Waals surface area contributed by atoms with E-state index in [0.717, 1.165) is 16.9 Å². The summed E-state index contributed by atoms with van der Waals surface area (Å²) in [6, 6.07) is 11.3. The quantitative estimate of drug-likeness (QED) is 0.745. The molecule has 0 amide bonds. The Morgan fingerprint density at radius 1 is 1.09 bits per heavy atom. The van der Waals surface area contributed by atoms with Gasteiger partial charge in [-0.1, -0.05) is 23.8 Å². The monoisotopic (exact) mass is 294 g/mol. The van der Waals surface area contributed by atoms with Gasteiger partial charge in [0.2, 0.25) is 0 Å². The summed E-state index contributed by atoms with van der Waals surface area (Å²) in [5.41, 5.74) is 4.46. The van der Waals surface area contributed by atoms with Crippen molar-refractivity contribution in [1.29, 1.82) is 0 Å². The molecule has 112 valence electrons. The minimum absolute atomic E-state index is 0.0899. The first-order chi connectivity index (χ1) is 10.5. The van der Waals surface area contributed by atoms with Gasteiger partial charge in [0, 0.05) is 12.3 Å². The standard InChI is InChI=1S/C18H18N2O2/c1-12-6-7-16(14(3)9-12)22-11-15-10-17(21)20-8-4-5-13(2)18(20)19-15/h4-10H,11H2,1-3H3. The summed E-state index contributed by atoms with van der Waals surface area (Å²) in [7, 11) is 0. The first kappa shape index (κ1) is 14.3. The van der Waals surface area contributed by atoms with Gasteiger partial charge in [0.1, 0.15) is 18.0 Å². The van der Waals surface area contributed by atoms with Crippen molar-refractivity contribution < 1.29 is 4.74 Å². The highest BCUT2D eigenvalue weighted by Gasteiger charge is 2.06. The molecule has 1 aromatic carbocycles. The van der Waals surface area contributed by atoms with E-state index < -0.39 is 0 Å². The highest BCUT2D eigenvalue weighted by molar-refractivity contribution is 5.46. The number of ether oxygens (including phenoxy) is 1. The predicted molar refractivity (Wildman–Crippen MR) is 86.4 cm³/mol. The lowest BCUT2D eigenvalue weighted by atomic mass is 10.1. The Morgan fingerprint density at radius 2 is 1.91 bits per heavy atom. The van der Waals surface area contributed by atoms with Crippen LogP contribution in [0.1, 0.15) is 22.4 Å². The first-order valence-corrected chi connectivity index (χ1v) is 7.22. The van der Waals surface area contributed by atoms with Crippen molar-refractivity contribution in [2.75, 3.05) is 0 Å². The summed E-state index contributed by atoms with van der Waals surface area (Å²) in [6.45, 7) is 6.28. The zero-order valence-electron chi connectivity index (χ0n) is 13.0. The summed E-state index contributed by atoms with van der Waals surface area (Å²) in [4.78, 5) is 16.7. The molecule has 0 radical (unpaired) electrons. The van der Waals surface area contributed by atoms with E-state index in [1.54, 1.807) is 10.6 Å². The van der Waals surface area contributed by atoms with Gasteiger partial charge in [-0.2, -0.15) is 0 Å². The van der Waals surface area contributed by atoms with Crippen LogP contribution in [-0.4, -0.2) is 9.38 Å². The van der Waals surface area contributed by atoms with Gasteiger partial charge in [0.05, 0.1) is 5.69 Å². The van der Waals surface area contributed by atoms with E-state index in [1.807, 2.05) is 45.0 Å². The van der Waals surface area contributed by atoms with Crippen molar-refractivity contribution in [3.05, 3.63) is 75.3 Å². The third-order valence-electron chi connectivity index (χ3n) is 3.65. The van der Waals surface area contributed by atoms with E-state index in [4.69, 9.17) is 4.74 Å². The molecule has 0 spiro atoms. The lowest BCUT2D eigenvalue weighted by Crippen LogP contribution is -2.17. The van der Waals surface area contributed by atoms with Crippen molar-refractivity contribution in [2.24, 2.45) is 0 Å². The Hall–Kier alpha value is -2.62. The number of aryl methyl sites for hydroxylation is 3. The number of nitrogens with zero attached hydrogens (tertiary/aromatic N) is 2. The fourth-order valence-corrected chi connectivity index (χ4v) is 2.50. The second-order valence-electron chi connectivity index (χ2n) is 5.53. The molecule has 0 N–H and O–H groups in total. The molecule has 3 aromatic rings. The fraction of sp³-hybridized carbons (Fsp3) is 0.222. The molecule has 0 unspecified atom stereocenters. The summed E-state index contributed by atoms with van der Waals surface area (Å²) in [5, 5.41) is 0. The number of pyridine rings is 1. The van der Waals surface area contributed by atoms with Crippen molar-refractivity contribution in [2.45, 2.75) is 27.4 Å². The van der Waals surface area contributed by atoms with E-state index >= 15 is 0 Å². The molecular formula is C18H18N2O2. The van der Waals surface area contributed by atoms with Gasteiger partial charge in [0.15, 0.2) is 0 Å². The van der Waals surface area contributed by atoms with Crippen LogP contribution in [0.3, 0.4) is 0 Å². The highest BCUT2D eigenvalue weighted by Crippen LogP contribution is 2.19. The third kappa shape index (κ3) is 2.72. The number of fused-ring (bicyclic) bond motifs is 1. The number of hydrogen-bond acceptors (Lipinski definition) is 3. The van der Waals surface area contributed by atoms with Gasteiger partial charge in [-0.05, 0) is 44.0 Å². The second-order valence-corrected chi connectivity index (χ2v) is 5.53. The maximum Gasteiger partial charge on any atom is 0.258 e. The zero-order valence-corrected chi connectivity index (χ0v) is 13.0. The number of benzene rings is 1. The molecule has 4 nitrogen and oxygen atoms in total. The van der Waals surface area contributed by atoms with E-state index in [1.165, 1.54) is 11.6 Å². The van der Waals surface area contributed by atoms with Gasteiger partial charge in [-0.3, -0.25) is 9.20 Å². The molecule has 2 aromatic heterocycles. The average Bonchev–Trinajstić information content (AvgIpc) is 2.47. The Kier molecular flexibility index (Phi) is 3.67. The van der Waals surface area contributed by atoms with Crippen LogP contribution in [0, 0.1) is 20.8 Å². The molecule has 4 heteroatoms. The molecule has 3 rings (SSSR count). The topological polar surface area (TPSA) is 43.6 Å². The lowest BCUT2D eigenvalue weighted by Gasteiger charge is -2.10. The molecule has 22 heavy (non-hydrogen) atoms. The van der Waals surface area contributed by atoms with Crippen molar-refractivity contribution in [3.8, 4) is 5.75 Å². The van der Waals surface area contributed by atoms with Gasteiger partial charge < -0.3 is 4.74 Å². The summed E-state index contributed by atoms with van der Waals surface area (Å²) in [6.07, 6.45) is 1.73. The highest BCUT2D eigenvalue weighted by atomic mass is 16.5. The summed E-state index contributed by atoms with van der Waals surface area (Å²) < 4.78 is 7.36. The van der Waals surface area contributed by atoms with Crippen LogP contribution in [0.4, 0.5) is 0 Å². The molecule has 0 aliphatic carbocycles. The van der Waals surface area contributed by atoms with Crippen LogP contribution in [-0.2, 0) is 6.61 Å². The van der Waals surface area contributed by atoms with E-state index in [0.29, 0.717) is 11.3 Å². The van der Waals surface area contributed by atoms with Crippen LogP contribution in [0.5, 0.6) is 5.75 Å². The Bertz CT molecular complexity index is 897. The van der Waals surface area contributed by atoms with Gasteiger partial charge in [0.25, 0.3) is 5.56 Å². The van der Waals surface area contributed by atoms with Gasteiger partial charge in [-0.25, -0.2) is 4.98 Å². The Morgan fingerprint density at radius 3 is 2.68 bits per heavy atom. The predicted octanol–water partition coefficient (Wildman–Crippen LogP) is 3.20. The number of rotatable bonds is 3. The van der Waals surface area contributed by atoms with Crippen LogP contribution < -0.4 is 10.3 Å². The minimum Gasteiger partial charge on any atom is -0.487 e. The normalized spacial score (nSPS) is 10.9. The number of hydrogen-bond donors (Lipinski definition) is 0. The van der Waals surface area contributed by atoms with Gasteiger partial charge in [-0.15, -0.1) is 0 Å². The fourth-order valence-electron chi connectivity index (χ4n) is 2.50. The summed E-state index contributed by atoms with van der Waals surface area (Å²) in [5.74, 6) is 0.817. The van der Waals surface area contributed by atoms with Crippen molar-refractivity contribution in [3.63, 3.8) is 0 Å². The van der Waals surface area contributed by atoms with Crippen LogP contribution in [0.25, 0.3) is 5.65 Å². The second kappa shape index (κ2) is 5.64. The van der Waals surface area contributed by atoms with E-state index in [2.05, 4.69) is 11.1 Å². The van der Waals surface area contributed by atoms with Crippen LogP contribution in [0.2, 0.25) is 0 Å². The largest absolute Gasteiger partial charge is 0.487 e. The molecular weight excluding hydrogens is 276 g/mol. The Balaban J connectivity index is 1.91. The maximum absolute atomic E-state index is 12.1. The van der Waals surface area contributed by atoms with E-state index in [9.17, 15) is 4.79 Å².